The van der Waals surface area contributed by atoms with E-state index in [2.05, 4.69) is 4.98 Å². The summed E-state index contributed by atoms with van der Waals surface area (Å²) in [4.78, 5) is 18.5. The van der Waals surface area contributed by atoms with Gasteiger partial charge in [-0.2, -0.15) is 0 Å². The van der Waals surface area contributed by atoms with Gasteiger partial charge in [-0.25, -0.2) is 4.98 Å². The van der Waals surface area contributed by atoms with Gasteiger partial charge in [0.25, 0.3) is 5.91 Å². The zero-order valence-electron chi connectivity index (χ0n) is 10.1. The average molecular weight is 279 g/mol. The van der Waals surface area contributed by atoms with E-state index in [1.165, 1.54) is 11.8 Å². The van der Waals surface area contributed by atoms with Crippen LogP contribution in [-0.2, 0) is 0 Å². The summed E-state index contributed by atoms with van der Waals surface area (Å²) in [5.41, 5.74) is 7.20. The van der Waals surface area contributed by atoms with Crippen LogP contribution < -0.4 is 5.73 Å². The minimum Gasteiger partial charge on any atom is -0.398 e. The van der Waals surface area contributed by atoms with Crippen molar-refractivity contribution in [2.75, 3.05) is 19.8 Å². The standard InChI is InChI=1S/C12H13N3OS2/c1-15(2)11(16)8-3-4-9(13)10(7-8)18-12-14-5-6-17-12/h3-7H,13H2,1-2H3. The predicted octanol–water partition coefficient (Wildman–Crippen LogP) is 2.58. The SMILES string of the molecule is CN(C)C(=O)c1ccc(N)c(Sc2nccs2)c1. The Kier molecular flexibility index (Phi) is 3.88. The van der Waals surface area contributed by atoms with Crippen molar-refractivity contribution >= 4 is 34.7 Å². The lowest BCUT2D eigenvalue weighted by molar-refractivity contribution is 0.0827. The van der Waals surface area contributed by atoms with Crippen molar-refractivity contribution in [1.29, 1.82) is 0 Å². The van der Waals surface area contributed by atoms with Gasteiger partial charge in [0.05, 0.1) is 0 Å². The Hall–Kier alpha value is -1.53. The first kappa shape index (κ1) is 12.9. The average Bonchev–Trinajstić information content (AvgIpc) is 2.84. The Morgan fingerprint density at radius 2 is 2.22 bits per heavy atom. The molecule has 0 radical (unpaired) electrons. The van der Waals surface area contributed by atoms with Crippen LogP contribution in [0.5, 0.6) is 0 Å². The number of rotatable bonds is 3. The zero-order chi connectivity index (χ0) is 13.1. The van der Waals surface area contributed by atoms with Crippen LogP contribution in [0, 0.1) is 0 Å². The molecule has 0 aliphatic rings. The van der Waals surface area contributed by atoms with E-state index < -0.39 is 0 Å². The third kappa shape index (κ3) is 2.83. The van der Waals surface area contributed by atoms with Crippen LogP contribution in [0.3, 0.4) is 0 Å². The number of carbonyl (C=O) groups is 1. The number of hydrogen-bond donors (Lipinski definition) is 1. The number of thiazole rings is 1. The first-order valence-electron chi connectivity index (χ1n) is 5.26. The van der Waals surface area contributed by atoms with Gasteiger partial charge in [0.15, 0.2) is 4.34 Å². The fourth-order valence-corrected chi connectivity index (χ4v) is 3.03. The van der Waals surface area contributed by atoms with Gasteiger partial charge < -0.3 is 10.6 Å². The highest BCUT2D eigenvalue weighted by Crippen LogP contribution is 2.33. The number of hydrogen-bond acceptors (Lipinski definition) is 5. The maximum Gasteiger partial charge on any atom is 0.253 e. The monoisotopic (exact) mass is 279 g/mol. The van der Waals surface area contributed by atoms with Gasteiger partial charge in [0.2, 0.25) is 0 Å². The Balaban J connectivity index is 2.30. The molecule has 0 fully saturated rings. The normalized spacial score (nSPS) is 10.3. The third-order valence-electron chi connectivity index (χ3n) is 2.27. The lowest BCUT2D eigenvalue weighted by Crippen LogP contribution is -2.21. The van der Waals surface area contributed by atoms with E-state index in [9.17, 15) is 4.79 Å². The van der Waals surface area contributed by atoms with Gasteiger partial charge in [0, 0.05) is 41.8 Å². The number of nitrogens with two attached hydrogens (primary N) is 1. The van der Waals surface area contributed by atoms with Crippen LogP contribution in [0.2, 0.25) is 0 Å². The van der Waals surface area contributed by atoms with Crippen LogP contribution in [-0.4, -0.2) is 29.9 Å². The molecular formula is C12H13N3OS2. The molecule has 0 unspecified atom stereocenters. The molecule has 2 rings (SSSR count). The number of benzene rings is 1. The summed E-state index contributed by atoms with van der Waals surface area (Å²) in [5, 5.41) is 1.91. The lowest BCUT2D eigenvalue weighted by Gasteiger charge is -2.11. The highest BCUT2D eigenvalue weighted by Gasteiger charge is 2.11. The van der Waals surface area contributed by atoms with E-state index in [4.69, 9.17) is 5.73 Å². The van der Waals surface area contributed by atoms with E-state index >= 15 is 0 Å². The minimum absolute atomic E-state index is 0.0315. The van der Waals surface area contributed by atoms with Crippen LogP contribution in [0.15, 0.2) is 39.0 Å². The van der Waals surface area contributed by atoms with Gasteiger partial charge in [-0.15, -0.1) is 11.3 Å². The maximum atomic E-state index is 11.9. The molecule has 1 aromatic carbocycles. The number of carbonyl (C=O) groups excluding carboxylic acids is 1. The molecule has 0 aliphatic heterocycles. The highest BCUT2D eigenvalue weighted by atomic mass is 32.2. The van der Waals surface area contributed by atoms with Crippen molar-refractivity contribution in [3.05, 3.63) is 35.3 Å². The van der Waals surface area contributed by atoms with E-state index in [1.54, 1.807) is 48.7 Å². The zero-order valence-corrected chi connectivity index (χ0v) is 11.7. The first-order chi connectivity index (χ1) is 8.58. The molecule has 0 bridgehead atoms. The molecule has 2 N–H and O–H groups in total. The van der Waals surface area contributed by atoms with Crippen molar-refractivity contribution in [3.8, 4) is 0 Å². The molecule has 1 amide bonds. The van der Waals surface area contributed by atoms with Crippen molar-refractivity contribution in [1.82, 2.24) is 9.88 Å². The summed E-state index contributed by atoms with van der Waals surface area (Å²) in [6.45, 7) is 0. The summed E-state index contributed by atoms with van der Waals surface area (Å²) >= 11 is 3.02. The fourth-order valence-electron chi connectivity index (χ4n) is 1.37. The Morgan fingerprint density at radius 1 is 1.44 bits per heavy atom. The molecule has 1 aromatic heterocycles. The number of nitrogen functional groups attached to an aromatic ring is 1. The number of anilines is 1. The summed E-state index contributed by atoms with van der Waals surface area (Å²) in [6.07, 6.45) is 1.75. The molecule has 0 saturated heterocycles. The van der Waals surface area contributed by atoms with Crippen LogP contribution in [0.25, 0.3) is 0 Å². The van der Waals surface area contributed by atoms with Crippen molar-refractivity contribution in [2.24, 2.45) is 0 Å². The quantitative estimate of drug-likeness (QED) is 0.877. The molecule has 2 aromatic rings. The Morgan fingerprint density at radius 3 is 2.83 bits per heavy atom. The molecule has 0 atom stereocenters. The summed E-state index contributed by atoms with van der Waals surface area (Å²) < 4.78 is 0.913. The second kappa shape index (κ2) is 5.41. The van der Waals surface area contributed by atoms with Gasteiger partial charge in [0.1, 0.15) is 0 Å². The van der Waals surface area contributed by atoms with Crippen LogP contribution in [0.1, 0.15) is 10.4 Å². The maximum absolute atomic E-state index is 11.9. The number of amides is 1. The van der Waals surface area contributed by atoms with E-state index in [0.717, 1.165) is 9.24 Å². The van der Waals surface area contributed by atoms with Crippen LogP contribution in [0.4, 0.5) is 5.69 Å². The van der Waals surface area contributed by atoms with Gasteiger partial charge in [-0.3, -0.25) is 4.79 Å². The van der Waals surface area contributed by atoms with Gasteiger partial charge in [-0.05, 0) is 18.2 Å². The summed E-state index contributed by atoms with van der Waals surface area (Å²) in [6, 6.07) is 5.31. The number of nitrogens with zero attached hydrogens (tertiary/aromatic N) is 2. The molecule has 18 heavy (non-hydrogen) atoms. The molecule has 94 valence electrons. The molecule has 1 heterocycles. The molecule has 0 spiro atoms. The Labute approximate surface area is 114 Å². The first-order valence-corrected chi connectivity index (χ1v) is 6.96. The van der Waals surface area contributed by atoms with E-state index in [1.807, 2.05) is 11.4 Å². The molecular weight excluding hydrogens is 266 g/mol. The topological polar surface area (TPSA) is 59.2 Å². The smallest absolute Gasteiger partial charge is 0.253 e. The van der Waals surface area contributed by atoms with E-state index in [0.29, 0.717) is 11.3 Å². The third-order valence-corrected chi connectivity index (χ3v) is 4.23. The number of aromatic nitrogens is 1. The molecule has 0 aliphatic carbocycles. The van der Waals surface area contributed by atoms with Crippen LogP contribution >= 0.6 is 23.1 Å². The van der Waals surface area contributed by atoms with Crippen molar-refractivity contribution in [2.45, 2.75) is 9.24 Å². The lowest BCUT2D eigenvalue weighted by atomic mass is 10.2. The van der Waals surface area contributed by atoms with Gasteiger partial charge in [-0.1, -0.05) is 11.8 Å². The highest BCUT2D eigenvalue weighted by molar-refractivity contribution is 8.01. The summed E-state index contributed by atoms with van der Waals surface area (Å²) in [5.74, 6) is -0.0315. The van der Waals surface area contributed by atoms with Crippen molar-refractivity contribution in [3.63, 3.8) is 0 Å². The summed E-state index contributed by atoms with van der Waals surface area (Å²) in [7, 11) is 3.46. The van der Waals surface area contributed by atoms with Crippen molar-refractivity contribution < 1.29 is 4.79 Å². The molecule has 6 heteroatoms. The van der Waals surface area contributed by atoms with Gasteiger partial charge >= 0.3 is 0 Å². The minimum atomic E-state index is -0.0315. The molecule has 4 nitrogen and oxygen atoms in total. The second-order valence-electron chi connectivity index (χ2n) is 3.85. The second-order valence-corrected chi connectivity index (χ2v) is 6.04. The fraction of sp³-hybridized carbons (Fsp3) is 0.167. The Bertz CT molecular complexity index is 552. The largest absolute Gasteiger partial charge is 0.398 e. The van der Waals surface area contributed by atoms with E-state index in [-0.39, 0.29) is 5.91 Å². The molecule has 0 saturated carbocycles. The predicted molar refractivity (Wildman–Crippen MR) is 75.1 cm³/mol.